The number of nitrogens with zero attached hydrogens (tertiary/aromatic N) is 3. The van der Waals surface area contributed by atoms with Crippen molar-refractivity contribution in [1.29, 1.82) is 0 Å². The van der Waals surface area contributed by atoms with Crippen LogP contribution < -0.4 is 0 Å². The Morgan fingerprint density at radius 3 is 2.73 bits per heavy atom. The van der Waals surface area contributed by atoms with Crippen LogP contribution in [0.3, 0.4) is 0 Å². The second-order valence-electron chi connectivity index (χ2n) is 6.01. The van der Waals surface area contributed by atoms with E-state index in [0.717, 1.165) is 11.3 Å². The molecule has 0 spiro atoms. The summed E-state index contributed by atoms with van der Waals surface area (Å²) in [6.07, 6.45) is 1.77. The van der Waals surface area contributed by atoms with Crippen LogP contribution in [0.1, 0.15) is 31.0 Å². The van der Waals surface area contributed by atoms with Gasteiger partial charge in [0.15, 0.2) is 5.65 Å². The molecule has 4 aromatic rings. The lowest BCUT2D eigenvalue weighted by atomic mass is 9.95. The molecule has 0 bridgehead atoms. The Kier molecular flexibility index (Phi) is 2.79. The molecular formula is C18H18N4. The fraction of sp³-hybridized carbons (Fsp3) is 0.222. The van der Waals surface area contributed by atoms with E-state index in [1.807, 2.05) is 10.5 Å². The third-order valence-corrected chi connectivity index (χ3v) is 4.32. The lowest BCUT2D eigenvalue weighted by Gasteiger charge is -2.11. The first-order valence-corrected chi connectivity index (χ1v) is 7.57. The number of nitrogens with one attached hydrogen (secondary N) is 1. The zero-order valence-corrected chi connectivity index (χ0v) is 13.0. The Morgan fingerprint density at radius 2 is 1.91 bits per heavy atom. The first kappa shape index (κ1) is 13.1. The zero-order valence-electron chi connectivity index (χ0n) is 13.0. The van der Waals surface area contributed by atoms with E-state index < -0.39 is 0 Å². The van der Waals surface area contributed by atoms with Crippen LogP contribution in [-0.2, 0) is 0 Å². The van der Waals surface area contributed by atoms with E-state index in [-0.39, 0.29) is 0 Å². The van der Waals surface area contributed by atoms with Crippen LogP contribution in [0.15, 0.2) is 42.7 Å². The minimum absolute atomic E-state index is 0.446. The largest absolute Gasteiger partial charge is 0.354 e. The molecule has 0 saturated carbocycles. The summed E-state index contributed by atoms with van der Waals surface area (Å²) in [7, 11) is 0. The molecule has 4 heteroatoms. The summed E-state index contributed by atoms with van der Waals surface area (Å²) in [5.41, 5.74) is 6.98. The van der Waals surface area contributed by atoms with Crippen molar-refractivity contribution >= 4 is 16.6 Å². The van der Waals surface area contributed by atoms with Gasteiger partial charge in [0.1, 0.15) is 6.33 Å². The highest BCUT2D eigenvalue weighted by Crippen LogP contribution is 2.36. The van der Waals surface area contributed by atoms with Gasteiger partial charge in [-0.3, -0.25) is 4.40 Å². The SMILES string of the molecule is Cc1c(-c2[nH]c3ccccc3c2C(C)C)ccc2nncn12. The van der Waals surface area contributed by atoms with E-state index in [4.69, 9.17) is 0 Å². The maximum atomic E-state index is 4.12. The molecule has 0 radical (unpaired) electrons. The summed E-state index contributed by atoms with van der Waals surface area (Å²) in [6, 6.07) is 12.7. The van der Waals surface area contributed by atoms with Gasteiger partial charge in [-0.15, -0.1) is 10.2 Å². The fourth-order valence-corrected chi connectivity index (χ4v) is 3.26. The highest BCUT2D eigenvalue weighted by atomic mass is 15.2. The minimum atomic E-state index is 0.446. The predicted octanol–water partition coefficient (Wildman–Crippen LogP) is 4.31. The van der Waals surface area contributed by atoms with Crippen LogP contribution in [0, 0.1) is 6.92 Å². The third-order valence-electron chi connectivity index (χ3n) is 4.32. The third kappa shape index (κ3) is 1.77. The lowest BCUT2D eigenvalue weighted by molar-refractivity contribution is 0.877. The van der Waals surface area contributed by atoms with Crippen molar-refractivity contribution in [3.63, 3.8) is 0 Å². The average Bonchev–Trinajstić information content (AvgIpc) is 3.11. The highest BCUT2D eigenvalue weighted by molar-refractivity contribution is 5.91. The number of H-pyrrole nitrogens is 1. The van der Waals surface area contributed by atoms with E-state index >= 15 is 0 Å². The molecule has 0 amide bonds. The lowest BCUT2D eigenvalue weighted by Crippen LogP contribution is -1.97. The minimum Gasteiger partial charge on any atom is -0.354 e. The second kappa shape index (κ2) is 4.70. The number of rotatable bonds is 2. The first-order valence-electron chi connectivity index (χ1n) is 7.57. The van der Waals surface area contributed by atoms with Crippen LogP contribution in [0.5, 0.6) is 0 Å². The van der Waals surface area contributed by atoms with Gasteiger partial charge in [0.2, 0.25) is 0 Å². The van der Waals surface area contributed by atoms with Crippen molar-refractivity contribution in [3.8, 4) is 11.3 Å². The molecule has 0 saturated heterocycles. The van der Waals surface area contributed by atoms with Crippen molar-refractivity contribution < 1.29 is 0 Å². The van der Waals surface area contributed by atoms with Gasteiger partial charge >= 0.3 is 0 Å². The molecule has 110 valence electrons. The highest BCUT2D eigenvalue weighted by Gasteiger charge is 2.18. The van der Waals surface area contributed by atoms with Crippen molar-refractivity contribution in [2.45, 2.75) is 26.7 Å². The predicted molar refractivity (Wildman–Crippen MR) is 89.1 cm³/mol. The number of hydrogen-bond acceptors (Lipinski definition) is 2. The van der Waals surface area contributed by atoms with Crippen LogP contribution in [0.2, 0.25) is 0 Å². The second-order valence-corrected chi connectivity index (χ2v) is 6.01. The maximum Gasteiger partial charge on any atom is 0.160 e. The normalized spacial score (nSPS) is 11.8. The van der Waals surface area contributed by atoms with Crippen LogP contribution >= 0.6 is 0 Å². The number of benzene rings is 1. The van der Waals surface area contributed by atoms with Crippen LogP contribution in [0.4, 0.5) is 0 Å². The molecule has 3 aromatic heterocycles. The van der Waals surface area contributed by atoms with Gasteiger partial charge < -0.3 is 4.98 Å². The van der Waals surface area contributed by atoms with Crippen LogP contribution in [0.25, 0.3) is 27.8 Å². The zero-order chi connectivity index (χ0) is 15.3. The Balaban J connectivity index is 2.07. The molecular weight excluding hydrogens is 272 g/mol. The van der Waals surface area contributed by atoms with E-state index in [2.05, 4.69) is 66.3 Å². The Hall–Kier alpha value is -2.62. The number of hydrogen-bond donors (Lipinski definition) is 1. The number of aromatic amines is 1. The topological polar surface area (TPSA) is 46.0 Å². The molecule has 0 unspecified atom stereocenters. The average molecular weight is 290 g/mol. The molecule has 0 aliphatic heterocycles. The van der Waals surface area contributed by atoms with Crippen molar-refractivity contribution in [3.05, 3.63) is 54.0 Å². The van der Waals surface area contributed by atoms with Crippen molar-refractivity contribution in [2.24, 2.45) is 0 Å². The molecule has 22 heavy (non-hydrogen) atoms. The standard InChI is InChI=1S/C18H18N4/c1-11(2)17-14-6-4-5-7-15(14)20-18(17)13-8-9-16-21-19-10-22(16)12(13)3/h4-11,20H,1-3H3. The molecule has 1 N–H and O–H groups in total. The van der Waals surface area contributed by atoms with Gasteiger partial charge in [-0.1, -0.05) is 32.0 Å². The summed E-state index contributed by atoms with van der Waals surface area (Å²) in [6.45, 7) is 6.60. The fourth-order valence-electron chi connectivity index (χ4n) is 3.26. The smallest absolute Gasteiger partial charge is 0.160 e. The van der Waals surface area contributed by atoms with E-state index in [1.54, 1.807) is 6.33 Å². The summed E-state index contributed by atoms with van der Waals surface area (Å²) in [4.78, 5) is 3.61. The van der Waals surface area contributed by atoms with Gasteiger partial charge in [0.25, 0.3) is 0 Å². The summed E-state index contributed by atoms with van der Waals surface area (Å²) in [5.74, 6) is 0.446. The van der Waals surface area contributed by atoms with E-state index in [9.17, 15) is 0 Å². The summed E-state index contributed by atoms with van der Waals surface area (Å²) in [5, 5.41) is 9.42. The van der Waals surface area contributed by atoms with Crippen molar-refractivity contribution in [1.82, 2.24) is 19.6 Å². The van der Waals surface area contributed by atoms with Crippen LogP contribution in [-0.4, -0.2) is 19.6 Å². The molecule has 3 heterocycles. The number of aromatic nitrogens is 4. The number of fused-ring (bicyclic) bond motifs is 2. The van der Waals surface area contributed by atoms with Gasteiger partial charge in [-0.05, 0) is 36.6 Å². The number of aryl methyl sites for hydroxylation is 1. The monoisotopic (exact) mass is 290 g/mol. The maximum absolute atomic E-state index is 4.12. The molecule has 0 aliphatic carbocycles. The number of pyridine rings is 1. The molecule has 0 fully saturated rings. The Bertz CT molecular complexity index is 975. The molecule has 4 nitrogen and oxygen atoms in total. The summed E-state index contributed by atoms with van der Waals surface area (Å²) >= 11 is 0. The van der Waals surface area contributed by atoms with Crippen molar-refractivity contribution in [2.75, 3.05) is 0 Å². The van der Waals surface area contributed by atoms with Gasteiger partial charge in [-0.2, -0.15) is 0 Å². The van der Waals surface area contributed by atoms with Gasteiger partial charge in [0, 0.05) is 22.2 Å². The van der Waals surface area contributed by atoms with Gasteiger partial charge in [-0.25, -0.2) is 0 Å². The van der Waals surface area contributed by atoms with Gasteiger partial charge in [0.05, 0.1) is 5.69 Å². The quantitative estimate of drug-likeness (QED) is 0.598. The summed E-state index contributed by atoms with van der Waals surface area (Å²) < 4.78 is 2.03. The van der Waals surface area contributed by atoms with E-state index in [1.165, 1.54) is 27.7 Å². The molecule has 0 atom stereocenters. The molecule has 0 aliphatic rings. The molecule has 1 aromatic carbocycles. The Morgan fingerprint density at radius 1 is 1.09 bits per heavy atom. The van der Waals surface area contributed by atoms with E-state index in [0.29, 0.717) is 5.92 Å². The molecule has 4 rings (SSSR count). The Labute approximate surface area is 128 Å². The number of para-hydroxylation sites is 1. The first-order chi connectivity index (χ1) is 10.7.